The summed E-state index contributed by atoms with van der Waals surface area (Å²) in [6.07, 6.45) is 1.82. The number of nitrogens with one attached hydrogen (secondary N) is 1. The van der Waals surface area contributed by atoms with Crippen LogP contribution in [0.15, 0.2) is 84.9 Å². The van der Waals surface area contributed by atoms with Gasteiger partial charge in [0.2, 0.25) is 0 Å². The molecule has 0 aromatic heterocycles. The minimum absolute atomic E-state index is 0.282. The highest BCUT2D eigenvalue weighted by Crippen LogP contribution is 2.21. The number of anilines is 1. The molecular weight excluding hydrogens is 301 g/mol. The van der Waals surface area contributed by atoms with Crippen molar-refractivity contribution in [2.75, 3.05) is 5.32 Å². The lowest BCUT2D eigenvalue weighted by atomic mass is 10.0. The minimum atomic E-state index is -0.388. The SMILES string of the molecule is O=C(Nc1cccc(F)c1)/C(=C\c1ccccc1)c1ccccc1. The lowest BCUT2D eigenvalue weighted by Gasteiger charge is -2.10. The molecule has 118 valence electrons. The maximum atomic E-state index is 13.3. The molecule has 2 nitrogen and oxygen atoms in total. The molecule has 3 aromatic rings. The summed E-state index contributed by atoms with van der Waals surface area (Å²) in [5.74, 6) is -0.670. The maximum Gasteiger partial charge on any atom is 0.256 e. The summed E-state index contributed by atoms with van der Waals surface area (Å²) in [6.45, 7) is 0. The van der Waals surface area contributed by atoms with Gasteiger partial charge in [0.15, 0.2) is 0 Å². The first-order chi connectivity index (χ1) is 11.7. The van der Waals surface area contributed by atoms with Gasteiger partial charge in [-0.15, -0.1) is 0 Å². The summed E-state index contributed by atoms with van der Waals surface area (Å²) in [6, 6.07) is 24.9. The van der Waals surface area contributed by atoms with E-state index in [2.05, 4.69) is 5.32 Å². The molecule has 24 heavy (non-hydrogen) atoms. The average molecular weight is 317 g/mol. The number of halogens is 1. The summed E-state index contributed by atoms with van der Waals surface area (Å²) in [5.41, 5.74) is 2.67. The first-order valence-electron chi connectivity index (χ1n) is 7.61. The van der Waals surface area contributed by atoms with E-state index in [1.54, 1.807) is 12.1 Å². The van der Waals surface area contributed by atoms with Crippen LogP contribution in [0.5, 0.6) is 0 Å². The number of rotatable bonds is 4. The summed E-state index contributed by atoms with van der Waals surface area (Å²) < 4.78 is 13.3. The van der Waals surface area contributed by atoms with E-state index in [1.807, 2.05) is 66.7 Å². The highest BCUT2D eigenvalue weighted by molar-refractivity contribution is 6.29. The summed E-state index contributed by atoms with van der Waals surface area (Å²) in [5, 5.41) is 2.75. The molecule has 0 fully saturated rings. The van der Waals surface area contributed by atoms with Crippen LogP contribution in [-0.4, -0.2) is 5.91 Å². The van der Waals surface area contributed by atoms with Crippen LogP contribution in [0, 0.1) is 5.82 Å². The molecule has 0 aliphatic carbocycles. The van der Waals surface area contributed by atoms with Crippen molar-refractivity contribution >= 4 is 23.2 Å². The van der Waals surface area contributed by atoms with Crippen LogP contribution in [0.2, 0.25) is 0 Å². The second-order valence-electron chi connectivity index (χ2n) is 5.30. The number of benzene rings is 3. The fraction of sp³-hybridized carbons (Fsp3) is 0. The maximum absolute atomic E-state index is 13.3. The second kappa shape index (κ2) is 7.38. The van der Waals surface area contributed by atoms with Crippen LogP contribution < -0.4 is 5.32 Å². The van der Waals surface area contributed by atoms with E-state index in [0.29, 0.717) is 11.3 Å². The van der Waals surface area contributed by atoms with E-state index < -0.39 is 0 Å². The van der Waals surface area contributed by atoms with E-state index >= 15 is 0 Å². The molecule has 0 bridgehead atoms. The van der Waals surface area contributed by atoms with Crippen molar-refractivity contribution in [2.45, 2.75) is 0 Å². The lowest BCUT2D eigenvalue weighted by molar-refractivity contribution is -0.111. The van der Waals surface area contributed by atoms with Crippen molar-refractivity contribution < 1.29 is 9.18 Å². The molecule has 0 radical (unpaired) electrons. The van der Waals surface area contributed by atoms with Gasteiger partial charge in [-0.3, -0.25) is 4.79 Å². The molecule has 0 saturated heterocycles. The van der Waals surface area contributed by atoms with Gasteiger partial charge in [-0.1, -0.05) is 66.7 Å². The third-order valence-electron chi connectivity index (χ3n) is 3.52. The number of carbonyl (C=O) groups is 1. The Hall–Kier alpha value is -3.20. The molecular formula is C21H16FNO. The van der Waals surface area contributed by atoms with Crippen LogP contribution in [0.25, 0.3) is 11.6 Å². The van der Waals surface area contributed by atoms with Gasteiger partial charge in [0.1, 0.15) is 5.82 Å². The van der Waals surface area contributed by atoms with Crippen LogP contribution in [-0.2, 0) is 4.79 Å². The Morgan fingerprint density at radius 1 is 0.833 bits per heavy atom. The van der Waals surface area contributed by atoms with Gasteiger partial charge < -0.3 is 5.32 Å². The molecule has 0 atom stereocenters. The van der Waals surface area contributed by atoms with Crippen molar-refractivity contribution in [1.29, 1.82) is 0 Å². The third-order valence-corrected chi connectivity index (χ3v) is 3.52. The largest absolute Gasteiger partial charge is 0.322 e. The molecule has 0 saturated carbocycles. The predicted molar refractivity (Wildman–Crippen MR) is 95.8 cm³/mol. The van der Waals surface area contributed by atoms with Gasteiger partial charge in [-0.05, 0) is 35.4 Å². The smallest absolute Gasteiger partial charge is 0.256 e. The van der Waals surface area contributed by atoms with E-state index in [4.69, 9.17) is 0 Å². The Morgan fingerprint density at radius 2 is 1.50 bits per heavy atom. The van der Waals surface area contributed by atoms with Gasteiger partial charge in [0, 0.05) is 11.3 Å². The second-order valence-corrected chi connectivity index (χ2v) is 5.30. The number of hydrogen-bond donors (Lipinski definition) is 1. The van der Waals surface area contributed by atoms with Crippen molar-refractivity contribution in [2.24, 2.45) is 0 Å². The predicted octanol–water partition coefficient (Wildman–Crippen LogP) is 5.01. The quantitative estimate of drug-likeness (QED) is 0.532. The third kappa shape index (κ3) is 3.96. The highest BCUT2D eigenvalue weighted by atomic mass is 19.1. The van der Waals surface area contributed by atoms with Gasteiger partial charge in [-0.2, -0.15) is 0 Å². The van der Waals surface area contributed by atoms with Gasteiger partial charge in [0.25, 0.3) is 5.91 Å². The first-order valence-corrected chi connectivity index (χ1v) is 7.61. The topological polar surface area (TPSA) is 29.1 Å². The molecule has 3 aromatic carbocycles. The van der Waals surface area contributed by atoms with E-state index in [-0.39, 0.29) is 11.7 Å². The van der Waals surface area contributed by atoms with Crippen molar-refractivity contribution in [3.63, 3.8) is 0 Å². The van der Waals surface area contributed by atoms with Crippen molar-refractivity contribution in [3.8, 4) is 0 Å². The number of amides is 1. The monoisotopic (exact) mass is 317 g/mol. The van der Waals surface area contributed by atoms with Crippen LogP contribution in [0.3, 0.4) is 0 Å². The van der Waals surface area contributed by atoms with Crippen LogP contribution in [0.4, 0.5) is 10.1 Å². The van der Waals surface area contributed by atoms with Crippen molar-refractivity contribution in [3.05, 3.63) is 102 Å². The zero-order valence-electron chi connectivity index (χ0n) is 12.9. The zero-order valence-corrected chi connectivity index (χ0v) is 12.9. The Morgan fingerprint density at radius 3 is 2.17 bits per heavy atom. The van der Waals surface area contributed by atoms with Crippen LogP contribution >= 0.6 is 0 Å². The van der Waals surface area contributed by atoms with Gasteiger partial charge >= 0.3 is 0 Å². The van der Waals surface area contributed by atoms with Gasteiger partial charge in [-0.25, -0.2) is 4.39 Å². The van der Waals surface area contributed by atoms with Crippen molar-refractivity contribution in [1.82, 2.24) is 0 Å². The highest BCUT2D eigenvalue weighted by Gasteiger charge is 2.12. The Bertz CT molecular complexity index is 857. The molecule has 0 spiro atoms. The molecule has 0 aliphatic heterocycles. The Balaban J connectivity index is 1.95. The normalized spacial score (nSPS) is 11.1. The van der Waals surface area contributed by atoms with E-state index in [1.165, 1.54) is 12.1 Å². The minimum Gasteiger partial charge on any atom is -0.322 e. The Labute approximate surface area is 140 Å². The summed E-state index contributed by atoms with van der Waals surface area (Å²) in [7, 11) is 0. The van der Waals surface area contributed by atoms with E-state index in [9.17, 15) is 9.18 Å². The fourth-order valence-electron chi connectivity index (χ4n) is 2.38. The van der Waals surface area contributed by atoms with E-state index in [0.717, 1.165) is 11.1 Å². The average Bonchev–Trinajstić information content (AvgIpc) is 2.61. The lowest BCUT2D eigenvalue weighted by Crippen LogP contribution is -2.13. The molecule has 0 aliphatic rings. The molecule has 1 amide bonds. The Kier molecular flexibility index (Phi) is 4.82. The first kappa shape index (κ1) is 15.7. The zero-order chi connectivity index (χ0) is 16.8. The molecule has 0 unspecified atom stereocenters. The van der Waals surface area contributed by atoms with Crippen LogP contribution in [0.1, 0.15) is 11.1 Å². The number of carbonyl (C=O) groups excluding carboxylic acids is 1. The van der Waals surface area contributed by atoms with Gasteiger partial charge in [0.05, 0.1) is 0 Å². The molecule has 1 N–H and O–H groups in total. The number of hydrogen-bond acceptors (Lipinski definition) is 1. The molecule has 0 heterocycles. The molecule has 3 rings (SSSR count). The standard InChI is InChI=1S/C21H16FNO/c22-18-12-7-13-19(15-18)23-21(24)20(17-10-5-2-6-11-17)14-16-8-3-1-4-9-16/h1-15H,(H,23,24)/b20-14-. The molecule has 3 heteroatoms. The summed E-state index contributed by atoms with van der Waals surface area (Å²) >= 11 is 0. The summed E-state index contributed by atoms with van der Waals surface area (Å²) in [4.78, 5) is 12.7. The fourth-order valence-corrected chi connectivity index (χ4v) is 2.38.